The van der Waals surface area contributed by atoms with Gasteiger partial charge in [0.15, 0.2) is 5.78 Å². The monoisotopic (exact) mass is 566 g/mol. The van der Waals surface area contributed by atoms with Crippen LogP contribution in [0.3, 0.4) is 0 Å². The molecular formula is C31H39ClN4O4. The standard InChI is InChI=1S/C31H39ClN4O4/c1-20(2)40-29-11-10-25(16-26(29)32)28(38)15-23(17-33-30(39)19-36-12-5-13-36)14-22-6-8-24(9-7-22)27-18-35(4)31(34-27)21(3)37/h6-11,16,18,20-21,23,37H,5,12-15,17,19H2,1-4H3,(H,33,39). The maximum atomic E-state index is 13.3. The molecule has 214 valence electrons. The van der Waals surface area contributed by atoms with Gasteiger partial charge in [-0.1, -0.05) is 35.9 Å². The topological polar surface area (TPSA) is 96.7 Å². The summed E-state index contributed by atoms with van der Waals surface area (Å²) in [6, 6.07) is 13.2. The summed E-state index contributed by atoms with van der Waals surface area (Å²) in [5.74, 6) is 1.01. The summed E-state index contributed by atoms with van der Waals surface area (Å²) in [4.78, 5) is 32.5. The number of amides is 1. The number of aliphatic hydroxyl groups excluding tert-OH is 1. The van der Waals surface area contributed by atoms with Gasteiger partial charge in [-0.25, -0.2) is 4.98 Å². The Morgan fingerprint density at radius 3 is 2.42 bits per heavy atom. The van der Waals surface area contributed by atoms with E-state index in [2.05, 4.69) is 15.2 Å². The first-order valence-corrected chi connectivity index (χ1v) is 14.3. The molecule has 0 radical (unpaired) electrons. The smallest absolute Gasteiger partial charge is 0.234 e. The molecule has 4 rings (SSSR count). The Hall–Kier alpha value is -3.20. The summed E-state index contributed by atoms with van der Waals surface area (Å²) >= 11 is 6.39. The first-order valence-electron chi connectivity index (χ1n) is 13.9. The minimum atomic E-state index is -0.651. The van der Waals surface area contributed by atoms with E-state index < -0.39 is 6.10 Å². The fraction of sp³-hybridized carbons (Fsp3) is 0.452. The van der Waals surface area contributed by atoms with E-state index in [0.29, 0.717) is 41.7 Å². The number of aromatic nitrogens is 2. The zero-order valence-corrected chi connectivity index (χ0v) is 24.4. The number of aliphatic hydroxyl groups is 1. The van der Waals surface area contributed by atoms with Gasteiger partial charge in [0, 0.05) is 37.3 Å². The molecule has 1 aliphatic heterocycles. The number of rotatable bonds is 13. The second-order valence-electron chi connectivity index (χ2n) is 10.9. The molecular weight excluding hydrogens is 528 g/mol. The first-order chi connectivity index (χ1) is 19.1. The van der Waals surface area contributed by atoms with E-state index in [1.807, 2.05) is 55.9 Å². The van der Waals surface area contributed by atoms with E-state index in [4.69, 9.17) is 16.3 Å². The van der Waals surface area contributed by atoms with Crippen LogP contribution in [-0.4, -0.2) is 63.5 Å². The van der Waals surface area contributed by atoms with Gasteiger partial charge in [-0.2, -0.15) is 0 Å². The number of ether oxygens (including phenoxy) is 1. The van der Waals surface area contributed by atoms with Crippen molar-refractivity contribution in [1.29, 1.82) is 0 Å². The molecule has 2 N–H and O–H groups in total. The van der Waals surface area contributed by atoms with Gasteiger partial charge in [-0.3, -0.25) is 14.5 Å². The number of nitrogens with zero attached hydrogens (tertiary/aromatic N) is 3. The molecule has 40 heavy (non-hydrogen) atoms. The maximum absolute atomic E-state index is 13.3. The van der Waals surface area contributed by atoms with Crippen LogP contribution in [-0.2, 0) is 18.3 Å². The van der Waals surface area contributed by atoms with Crippen LogP contribution in [0.25, 0.3) is 11.3 Å². The molecule has 2 atom stereocenters. The second-order valence-corrected chi connectivity index (χ2v) is 11.3. The highest BCUT2D eigenvalue weighted by atomic mass is 35.5. The Morgan fingerprint density at radius 1 is 1.12 bits per heavy atom. The lowest BCUT2D eigenvalue weighted by atomic mass is 9.91. The third-order valence-corrected chi connectivity index (χ3v) is 7.35. The summed E-state index contributed by atoms with van der Waals surface area (Å²) in [6.07, 6.45) is 3.25. The number of imidazole rings is 1. The normalized spacial score (nSPS) is 15.0. The van der Waals surface area contributed by atoms with Gasteiger partial charge >= 0.3 is 0 Å². The lowest BCUT2D eigenvalue weighted by Crippen LogP contribution is -2.45. The molecule has 0 aliphatic carbocycles. The molecule has 0 bridgehead atoms. The van der Waals surface area contributed by atoms with Crippen LogP contribution in [0.2, 0.25) is 5.02 Å². The lowest BCUT2D eigenvalue weighted by molar-refractivity contribution is -0.123. The van der Waals surface area contributed by atoms with Crippen molar-refractivity contribution in [3.05, 3.63) is 70.6 Å². The highest BCUT2D eigenvalue weighted by Crippen LogP contribution is 2.28. The van der Waals surface area contributed by atoms with Crippen molar-refractivity contribution in [3.8, 4) is 17.0 Å². The van der Waals surface area contributed by atoms with Gasteiger partial charge in [-0.05, 0) is 76.4 Å². The number of carbonyl (C=O) groups excluding carboxylic acids is 2. The van der Waals surface area contributed by atoms with E-state index in [1.54, 1.807) is 25.1 Å². The molecule has 1 aliphatic rings. The molecule has 3 aromatic rings. The number of hydrogen-bond acceptors (Lipinski definition) is 6. The first kappa shape index (κ1) is 29.8. The number of halogens is 1. The molecule has 1 amide bonds. The van der Waals surface area contributed by atoms with Crippen molar-refractivity contribution in [1.82, 2.24) is 19.8 Å². The summed E-state index contributed by atoms with van der Waals surface area (Å²) in [5, 5.41) is 13.4. The van der Waals surface area contributed by atoms with Crippen LogP contribution < -0.4 is 10.1 Å². The number of nitrogens with one attached hydrogen (secondary N) is 1. The zero-order valence-electron chi connectivity index (χ0n) is 23.7. The average Bonchev–Trinajstić information content (AvgIpc) is 3.28. The number of aryl methyl sites for hydroxylation is 1. The molecule has 0 spiro atoms. The zero-order chi connectivity index (χ0) is 28.8. The van der Waals surface area contributed by atoms with Crippen LogP contribution in [0.4, 0.5) is 0 Å². The molecule has 1 aromatic heterocycles. The van der Waals surface area contributed by atoms with Crippen molar-refractivity contribution in [2.75, 3.05) is 26.2 Å². The van der Waals surface area contributed by atoms with Gasteiger partial charge in [0.05, 0.1) is 23.4 Å². The Bertz CT molecular complexity index is 1320. The molecule has 8 nitrogen and oxygen atoms in total. The Labute approximate surface area is 241 Å². The molecule has 1 fully saturated rings. The number of likely N-dealkylation sites (tertiary alicyclic amines) is 1. The van der Waals surface area contributed by atoms with Crippen molar-refractivity contribution < 1.29 is 19.4 Å². The molecule has 0 saturated carbocycles. The molecule has 2 heterocycles. The molecule has 1 saturated heterocycles. The second kappa shape index (κ2) is 13.4. The SMILES string of the molecule is CC(C)Oc1ccc(C(=O)CC(CNC(=O)CN2CCC2)Cc2ccc(-c3cn(C)c(C(C)O)n3)cc2)cc1Cl. The Kier molecular flexibility index (Phi) is 10.0. The third-order valence-electron chi connectivity index (χ3n) is 7.05. The van der Waals surface area contributed by atoms with E-state index in [-0.39, 0.29) is 30.1 Å². The highest BCUT2D eigenvalue weighted by molar-refractivity contribution is 6.32. The van der Waals surface area contributed by atoms with E-state index >= 15 is 0 Å². The number of hydrogen-bond donors (Lipinski definition) is 2. The fourth-order valence-electron chi connectivity index (χ4n) is 4.83. The predicted octanol–water partition coefficient (Wildman–Crippen LogP) is 4.83. The summed E-state index contributed by atoms with van der Waals surface area (Å²) in [6.45, 7) is 8.24. The van der Waals surface area contributed by atoms with Crippen molar-refractivity contribution in [2.24, 2.45) is 13.0 Å². The number of benzene rings is 2. The largest absolute Gasteiger partial charge is 0.489 e. The lowest BCUT2D eigenvalue weighted by Gasteiger charge is -2.30. The van der Waals surface area contributed by atoms with E-state index in [9.17, 15) is 14.7 Å². The van der Waals surface area contributed by atoms with Gasteiger partial charge in [0.1, 0.15) is 17.7 Å². The summed E-state index contributed by atoms with van der Waals surface area (Å²) in [5.41, 5.74) is 3.32. The molecule has 2 aromatic carbocycles. The van der Waals surface area contributed by atoms with Gasteiger partial charge in [-0.15, -0.1) is 0 Å². The third kappa shape index (κ3) is 7.93. The number of Topliss-reactive ketones (excluding diaryl/α,β-unsaturated/α-hetero) is 1. The van der Waals surface area contributed by atoms with E-state index in [1.165, 1.54) is 0 Å². The predicted molar refractivity (Wildman–Crippen MR) is 157 cm³/mol. The maximum Gasteiger partial charge on any atom is 0.234 e. The minimum Gasteiger partial charge on any atom is -0.489 e. The highest BCUT2D eigenvalue weighted by Gasteiger charge is 2.21. The van der Waals surface area contributed by atoms with Crippen LogP contribution in [0.5, 0.6) is 5.75 Å². The summed E-state index contributed by atoms with van der Waals surface area (Å²) < 4.78 is 7.52. The van der Waals surface area contributed by atoms with Gasteiger partial charge in [0.25, 0.3) is 0 Å². The molecule has 2 unspecified atom stereocenters. The van der Waals surface area contributed by atoms with Gasteiger partial charge in [0.2, 0.25) is 5.91 Å². The van der Waals surface area contributed by atoms with E-state index in [0.717, 1.165) is 36.3 Å². The van der Waals surface area contributed by atoms with Crippen LogP contribution in [0.15, 0.2) is 48.7 Å². The van der Waals surface area contributed by atoms with Crippen molar-refractivity contribution in [3.63, 3.8) is 0 Å². The fourth-order valence-corrected chi connectivity index (χ4v) is 5.06. The van der Waals surface area contributed by atoms with Crippen LogP contribution in [0.1, 0.15) is 61.5 Å². The van der Waals surface area contributed by atoms with Crippen LogP contribution in [0, 0.1) is 5.92 Å². The number of carbonyl (C=O) groups is 2. The minimum absolute atomic E-state index is 0.0187. The Balaban J connectivity index is 1.46. The number of ketones is 1. The van der Waals surface area contributed by atoms with Crippen molar-refractivity contribution >= 4 is 23.3 Å². The quantitative estimate of drug-likeness (QED) is 0.288. The summed E-state index contributed by atoms with van der Waals surface area (Å²) in [7, 11) is 1.86. The Morgan fingerprint density at radius 2 is 1.85 bits per heavy atom. The van der Waals surface area contributed by atoms with Crippen LogP contribution >= 0.6 is 11.6 Å². The van der Waals surface area contributed by atoms with Crippen molar-refractivity contribution in [2.45, 2.75) is 52.2 Å². The average molecular weight is 567 g/mol. The molecule has 9 heteroatoms. The van der Waals surface area contributed by atoms with Gasteiger partial charge < -0.3 is 19.7 Å².